The van der Waals surface area contributed by atoms with Crippen LogP contribution in [0.4, 0.5) is 0 Å². The van der Waals surface area contributed by atoms with Crippen molar-refractivity contribution in [1.29, 1.82) is 0 Å². The molecular formula is C10H15ClO7. The third-order valence-corrected chi connectivity index (χ3v) is 2.35. The van der Waals surface area contributed by atoms with Gasteiger partial charge < -0.3 is 20.1 Å². The van der Waals surface area contributed by atoms with Crippen LogP contribution in [-0.2, 0) is 19.1 Å². The van der Waals surface area contributed by atoms with E-state index in [9.17, 15) is 19.5 Å². The lowest BCUT2D eigenvalue weighted by molar-refractivity contribution is -0.169. The number of ketones is 1. The highest BCUT2D eigenvalue weighted by atomic mass is 35.5. The number of carbonyl (C=O) groups is 3. The van der Waals surface area contributed by atoms with Crippen molar-refractivity contribution in [3.8, 4) is 0 Å². The number of aliphatic hydroxyl groups is 2. The number of carbonyl (C=O) groups excluding carboxylic acids is 2. The van der Waals surface area contributed by atoms with Crippen LogP contribution in [0.1, 0.15) is 19.8 Å². The van der Waals surface area contributed by atoms with E-state index in [-0.39, 0.29) is 5.88 Å². The van der Waals surface area contributed by atoms with Gasteiger partial charge >= 0.3 is 11.9 Å². The van der Waals surface area contributed by atoms with Gasteiger partial charge in [-0.1, -0.05) is 0 Å². The first-order chi connectivity index (χ1) is 8.21. The summed E-state index contributed by atoms with van der Waals surface area (Å²) in [6, 6.07) is 0. The van der Waals surface area contributed by atoms with Crippen molar-refractivity contribution >= 4 is 29.3 Å². The Balaban J connectivity index is 4.46. The van der Waals surface area contributed by atoms with Gasteiger partial charge in [0.2, 0.25) is 0 Å². The first kappa shape index (κ1) is 16.8. The molecule has 0 aromatic carbocycles. The number of ether oxygens (including phenoxy) is 1. The Hall–Kier alpha value is -1.18. The molecule has 0 heterocycles. The van der Waals surface area contributed by atoms with Gasteiger partial charge in [-0.3, -0.25) is 9.59 Å². The van der Waals surface area contributed by atoms with Crippen molar-refractivity contribution in [2.45, 2.75) is 31.5 Å². The monoisotopic (exact) mass is 282 g/mol. The number of aliphatic carboxylic acids is 1. The third-order valence-electron chi connectivity index (χ3n) is 1.99. The molecule has 0 spiro atoms. The van der Waals surface area contributed by atoms with E-state index in [2.05, 4.69) is 4.74 Å². The number of halogens is 1. The first-order valence-electron chi connectivity index (χ1n) is 5.06. The van der Waals surface area contributed by atoms with Gasteiger partial charge in [0.05, 0.1) is 12.3 Å². The summed E-state index contributed by atoms with van der Waals surface area (Å²) in [7, 11) is 0. The predicted octanol–water partition coefficient (Wildman–Crippen LogP) is -0.686. The quantitative estimate of drug-likeness (QED) is 0.398. The van der Waals surface area contributed by atoms with E-state index in [1.54, 1.807) is 0 Å². The molecule has 0 radical (unpaired) electrons. The minimum Gasteiger partial charge on any atom is -0.479 e. The summed E-state index contributed by atoms with van der Waals surface area (Å²) in [4.78, 5) is 32.9. The van der Waals surface area contributed by atoms with E-state index >= 15 is 0 Å². The van der Waals surface area contributed by atoms with Crippen molar-refractivity contribution in [1.82, 2.24) is 0 Å². The molecular weight excluding hydrogens is 268 g/mol. The largest absolute Gasteiger partial charge is 0.479 e. The number of aliphatic hydroxyl groups excluding tert-OH is 1. The van der Waals surface area contributed by atoms with Crippen molar-refractivity contribution < 1.29 is 34.4 Å². The van der Waals surface area contributed by atoms with Crippen molar-refractivity contribution in [3.05, 3.63) is 0 Å². The number of esters is 1. The summed E-state index contributed by atoms with van der Waals surface area (Å²) in [6.45, 7) is 0.689. The van der Waals surface area contributed by atoms with Gasteiger partial charge in [0, 0.05) is 6.42 Å². The molecule has 0 aromatic rings. The zero-order valence-corrected chi connectivity index (χ0v) is 10.5. The molecule has 0 aliphatic heterocycles. The SMILES string of the molecule is CC(=O)CC(O)(CC(=O)OCC(O)CCl)C(=O)O. The summed E-state index contributed by atoms with van der Waals surface area (Å²) >= 11 is 5.26. The maximum absolute atomic E-state index is 11.3. The summed E-state index contributed by atoms with van der Waals surface area (Å²) in [5.74, 6) is -3.45. The number of alkyl halides is 1. The van der Waals surface area contributed by atoms with Crippen molar-refractivity contribution in [2.75, 3.05) is 12.5 Å². The standard InChI is InChI=1S/C10H15ClO7/c1-6(12)2-10(17,9(15)16)3-8(14)18-5-7(13)4-11/h7,13,17H,2-5H2,1H3,(H,15,16). The highest BCUT2D eigenvalue weighted by Crippen LogP contribution is 2.17. The predicted molar refractivity (Wildman–Crippen MR) is 60.2 cm³/mol. The van der Waals surface area contributed by atoms with Crippen LogP contribution in [0.3, 0.4) is 0 Å². The molecule has 2 unspecified atom stereocenters. The van der Waals surface area contributed by atoms with E-state index < -0.39 is 48.9 Å². The van der Waals surface area contributed by atoms with Gasteiger partial charge in [0.1, 0.15) is 18.5 Å². The van der Waals surface area contributed by atoms with Crippen LogP contribution >= 0.6 is 11.6 Å². The van der Waals surface area contributed by atoms with Gasteiger partial charge in [-0.05, 0) is 6.92 Å². The molecule has 104 valence electrons. The normalized spacial score (nSPS) is 15.6. The minimum atomic E-state index is -2.49. The Morgan fingerprint density at radius 2 is 1.89 bits per heavy atom. The van der Waals surface area contributed by atoms with E-state index in [0.717, 1.165) is 6.92 Å². The molecule has 7 nitrogen and oxygen atoms in total. The number of hydrogen-bond donors (Lipinski definition) is 3. The zero-order chi connectivity index (χ0) is 14.3. The fraction of sp³-hybridized carbons (Fsp3) is 0.700. The average molecular weight is 283 g/mol. The van der Waals surface area contributed by atoms with E-state index in [1.807, 2.05) is 0 Å². The van der Waals surface area contributed by atoms with Gasteiger partial charge in [-0.25, -0.2) is 4.79 Å². The van der Waals surface area contributed by atoms with E-state index in [4.69, 9.17) is 21.8 Å². The molecule has 0 amide bonds. The van der Waals surface area contributed by atoms with Gasteiger partial charge in [-0.2, -0.15) is 0 Å². The maximum Gasteiger partial charge on any atom is 0.336 e. The lowest BCUT2D eigenvalue weighted by Gasteiger charge is -2.21. The Kier molecular flexibility index (Phi) is 6.82. The second kappa shape index (κ2) is 7.30. The third kappa shape index (κ3) is 5.95. The van der Waals surface area contributed by atoms with Crippen molar-refractivity contribution in [3.63, 3.8) is 0 Å². The number of rotatable bonds is 8. The molecule has 0 fully saturated rings. The molecule has 0 bridgehead atoms. The molecule has 18 heavy (non-hydrogen) atoms. The van der Waals surface area contributed by atoms with E-state index in [1.165, 1.54) is 0 Å². The van der Waals surface area contributed by atoms with Crippen molar-refractivity contribution in [2.24, 2.45) is 0 Å². The van der Waals surface area contributed by atoms with E-state index in [0.29, 0.717) is 0 Å². The van der Waals surface area contributed by atoms with Crippen LogP contribution in [0.25, 0.3) is 0 Å². The van der Waals surface area contributed by atoms with Gasteiger partial charge in [-0.15, -0.1) is 11.6 Å². The molecule has 0 saturated carbocycles. The molecule has 0 aliphatic rings. The van der Waals surface area contributed by atoms with Crippen LogP contribution in [-0.4, -0.2) is 57.2 Å². The summed E-state index contributed by atoms with van der Waals surface area (Å²) in [5.41, 5.74) is -2.49. The smallest absolute Gasteiger partial charge is 0.336 e. The second-order valence-corrected chi connectivity index (χ2v) is 4.19. The molecule has 0 rings (SSSR count). The fourth-order valence-corrected chi connectivity index (χ4v) is 1.24. The summed E-state index contributed by atoms with van der Waals surface area (Å²) in [6.07, 6.45) is -2.65. The minimum absolute atomic E-state index is 0.149. The Morgan fingerprint density at radius 3 is 2.28 bits per heavy atom. The molecule has 0 saturated heterocycles. The molecule has 0 aliphatic carbocycles. The lowest BCUT2D eigenvalue weighted by Crippen LogP contribution is -2.43. The number of carboxylic acid groups (broad SMARTS) is 1. The molecule has 0 aromatic heterocycles. The Bertz CT molecular complexity index is 330. The fourth-order valence-electron chi connectivity index (χ4n) is 1.15. The lowest BCUT2D eigenvalue weighted by atomic mass is 9.94. The average Bonchev–Trinajstić information content (AvgIpc) is 2.24. The summed E-state index contributed by atoms with van der Waals surface area (Å²) < 4.78 is 4.51. The van der Waals surface area contributed by atoms with Crippen LogP contribution in [0, 0.1) is 0 Å². The highest BCUT2D eigenvalue weighted by Gasteiger charge is 2.40. The second-order valence-electron chi connectivity index (χ2n) is 3.88. The number of Topliss-reactive ketones (excluding diaryl/α,β-unsaturated/α-hetero) is 1. The summed E-state index contributed by atoms with van der Waals surface area (Å²) in [5, 5.41) is 27.4. The number of carboxylic acids is 1. The Labute approximate surface area is 108 Å². The van der Waals surface area contributed by atoms with Crippen LogP contribution in [0.2, 0.25) is 0 Å². The zero-order valence-electron chi connectivity index (χ0n) is 9.76. The topological polar surface area (TPSA) is 121 Å². The molecule has 2 atom stereocenters. The Morgan fingerprint density at radius 1 is 1.33 bits per heavy atom. The van der Waals surface area contributed by atoms with Crippen LogP contribution < -0.4 is 0 Å². The maximum atomic E-state index is 11.3. The van der Waals surface area contributed by atoms with Crippen LogP contribution in [0.15, 0.2) is 0 Å². The van der Waals surface area contributed by atoms with Gasteiger partial charge in [0.25, 0.3) is 0 Å². The first-order valence-corrected chi connectivity index (χ1v) is 5.59. The molecule has 8 heteroatoms. The van der Waals surface area contributed by atoms with Crippen LogP contribution in [0.5, 0.6) is 0 Å². The number of hydrogen-bond acceptors (Lipinski definition) is 6. The van der Waals surface area contributed by atoms with Gasteiger partial charge in [0.15, 0.2) is 5.60 Å². The molecule has 3 N–H and O–H groups in total. The highest BCUT2D eigenvalue weighted by molar-refractivity contribution is 6.18.